The summed E-state index contributed by atoms with van der Waals surface area (Å²) in [7, 11) is 0. The number of nitrogens with two attached hydrogens (primary N) is 1. The molecule has 15 heavy (non-hydrogen) atoms. The third-order valence-electron chi connectivity index (χ3n) is 3.07. The van der Waals surface area contributed by atoms with Gasteiger partial charge in [0, 0.05) is 6.04 Å². The van der Waals surface area contributed by atoms with Gasteiger partial charge >= 0.3 is 0 Å². The number of rotatable bonds is 5. The zero-order chi connectivity index (χ0) is 11.3. The molecule has 1 fully saturated rings. The topological polar surface area (TPSA) is 70.1 Å². The molecule has 1 rings (SSSR count). The normalized spacial score (nSPS) is 19.0. The average molecular weight is 209 g/mol. The average Bonchev–Trinajstić information content (AvgIpc) is 2.70. The number of carbonyl (C=O) groups excluding carboxylic acids is 1. The van der Waals surface area contributed by atoms with Gasteiger partial charge in [0.1, 0.15) is 0 Å². The van der Waals surface area contributed by atoms with E-state index in [1.54, 1.807) is 0 Å². The van der Waals surface area contributed by atoms with Gasteiger partial charge in [0.05, 0.1) is 18.7 Å². The van der Waals surface area contributed by atoms with Crippen LogP contribution >= 0.6 is 0 Å². The second-order valence-corrected chi connectivity index (χ2v) is 4.13. The number of amides is 1. The highest BCUT2D eigenvalue weighted by Crippen LogP contribution is 2.25. The van der Waals surface area contributed by atoms with Crippen molar-refractivity contribution in [2.24, 2.45) is 5.73 Å². The lowest BCUT2D eigenvalue weighted by Gasteiger charge is -2.30. The minimum Gasteiger partial charge on any atom is -0.369 e. The zero-order valence-corrected chi connectivity index (χ0v) is 9.28. The molecular formula is C11H19N3O. The van der Waals surface area contributed by atoms with Crippen LogP contribution < -0.4 is 5.73 Å². The molecule has 1 atom stereocenters. The van der Waals surface area contributed by atoms with E-state index < -0.39 is 0 Å². The third kappa shape index (κ3) is 3.21. The largest absolute Gasteiger partial charge is 0.369 e. The predicted octanol–water partition coefficient (Wildman–Crippen LogP) is 1.02. The van der Waals surface area contributed by atoms with Crippen molar-refractivity contribution in [3.63, 3.8) is 0 Å². The molecule has 2 N–H and O–H groups in total. The molecule has 0 radical (unpaired) electrons. The first kappa shape index (κ1) is 12.0. The summed E-state index contributed by atoms with van der Waals surface area (Å²) in [5, 5.41) is 9.03. The summed E-state index contributed by atoms with van der Waals surface area (Å²) in [6.07, 6.45) is 5.32. The number of carbonyl (C=O) groups is 1. The Morgan fingerprint density at radius 2 is 2.20 bits per heavy atom. The summed E-state index contributed by atoms with van der Waals surface area (Å²) < 4.78 is 0. The Bertz CT molecular complexity index is 253. The summed E-state index contributed by atoms with van der Waals surface area (Å²) in [5.74, 6) is -0.337. The highest BCUT2D eigenvalue weighted by atomic mass is 16.1. The van der Waals surface area contributed by atoms with Crippen LogP contribution in [0.1, 0.15) is 39.0 Å². The van der Waals surface area contributed by atoms with Crippen LogP contribution in [0.2, 0.25) is 0 Å². The standard InChI is InChI=1S/C11H19N3O/c1-2-9(7-12)14(8-11(13)15)10-5-3-4-6-10/h9-10H,2-6,8H2,1H3,(H2,13,15). The van der Waals surface area contributed by atoms with E-state index in [1.807, 2.05) is 11.8 Å². The van der Waals surface area contributed by atoms with Crippen LogP contribution in [0.5, 0.6) is 0 Å². The maximum Gasteiger partial charge on any atom is 0.231 e. The maximum absolute atomic E-state index is 11.0. The summed E-state index contributed by atoms with van der Waals surface area (Å²) in [5.41, 5.74) is 5.22. The lowest BCUT2D eigenvalue weighted by Crippen LogP contribution is -2.45. The smallest absolute Gasteiger partial charge is 0.231 e. The molecule has 4 nitrogen and oxygen atoms in total. The maximum atomic E-state index is 11.0. The van der Waals surface area contributed by atoms with Gasteiger partial charge < -0.3 is 5.73 Å². The lowest BCUT2D eigenvalue weighted by molar-refractivity contribution is -0.120. The molecule has 0 aromatic carbocycles. The van der Waals surface area contributed by atoms with Gasteiger partial charge in [-0.3, -0.25) is 9.69 Å². The molecule has 0 aromatic rings. The molecule has 1 aliphatic carbocycles. The highest BCUT2D eigenvalue weighted by molar-refractivity contribution is 5.76. The Balaban J connectivity index is 2.67. The van der Waals surface area contributed by atoms with Crippen LogP contribution in [0, 0.1) is 11.3 Å². The number of hydrogen-bond acceptors (Lipinski definition) is 3. The van der Waals surface area contributed by atoms with Gasteiger partial charge in [0.25, 0.3) is 0 Å². The second-order valence-electron chi connectivity index (χ2n) is 4.13. The molecule has 0 spiro atoms. The number of nitriles is 1. The molecule has 4 heteroatoms. The molecule has 1 unspecified atom stereocenters. The van der Waals surface area contributed by atoms with Crippen LogP contribution in [-0.4, -0.2) is 29.4 Å². The Morgan fingerprint density at radius 3 is 2.60 bits per heavy atom. The van der Waals surface area contributed by atoms with E-state index in [0.29, 0.717) is 6.04 Å². The SMILES string of the molecule is CCC(C#N)N(CC(N)=O)C1CCCC1. The van der Waals surface area contributed by atoms with Crippen molar-refractivity contribution >= 4 is 5.91 Å². The van der Waals surface area contributed by atoms with E-state index in [2.05, 4.69) is 6.07 Å². The van der Waals surface area contributed by atoms with Crippen LogP contribution in [0.25, 0.3) is 0 Å². The Labute approximate surface area is 91.0 Å². The minimum atomic E-state index is -0.337. The van der Waals surface area contributed by atoms with Gasteiger partial charge in [-0.2, -0.15) is 5.26 Å². The van der Waals surface area contributed by atoms with Gasteiger partial charge in [-0.1, -0.05) is 19.8 Å². The van der Waals surface area contributed by atoms with Crippen LogP contribution in [-0.2, 0) is 4.79 Å². The Kier molecular flexibility index (Phi) is 4.57. The fourth-order valence-electron chi connectivity index (χ4n) is 2.31. The molecular weight excluding hydrogens is 190 g/mol. The molecule has 1 amide bonds. The minimum absolute atomic E-state index is 0.166. The number of hydrogen-bond donors (Lipinski definition) is 1. The Hall–Kier alpha value is -1.08. The van der Waals surface area contributed by atoms with E-state index in [-0.39, 0.29) is 18.5 Å². The molecule has 0 aliphatic heterocycles. The zero-order valence-electron chi connectivity index (χ0n) is 9.28. The van der Waals surface area contributed by atoms with Gasteiger partial charge in [-0.05, 0) is 19.3 Å². The number of primary amides is 1. The van der Waals surface area contributed by atoms with Crippen molar-refractivity contribution in [1.29, 1.82) is 5.26 Å². The molecule has 1 saturated carbocycles. The summed E-state index contributed by atoms with van der Waals surface area (Å²) >= 11 is 0. The third-order valence-corrected chi connectivity index (χ3v) is 3.07. The van der Waals surface area contributed by atoms with Crippen molar-refractivity contribution in [3.05, 3.63) is 0 Å². The second kappa shape index (κ2) is 5.72. The first-order chi connectivity index (χ1) is 7.19. The van der Waals surface area contributed by atoms with E-state index in [9.17, 15) is 4.79 Å². The first-order valence-electron chi connectivity index (χ1n) is 5.62. The van der Waals surface area contributed by atoms with Gasteiger partial charge in [-0.15, -0.1) is 0 Å². The van der Waals surface area contributed by atoms with E-state index in [4.69, 9.17) is 11.0 Å². The van der Waals surface area contributed by atoms with Gasteiger partial charge in [0.2, 0.25) is 5.91 Å². The summed E-state index contributed by atoms with van der Waals surface area (Å²) in [6.45, 7) is 2.19. The predicted molar refractivity (Wildman–Crippen MR) is 57.8 cm³/mol. The monoisotopic (exact) mass is 209 g/mol. The first-order valence-corrected chi connectivity index (χ1v) is 5.62. The van der Waals surface area contributed by atoms with Crippen molar-refractivity contribution in [3.8, 4) is 6.07 Å². The van der Waals surface area contributed by atoms with Crippen LogP contribution in [0.15, 0.2) is 0 Å². The fraction of sp³-hybridized carbons (Fsp3) is 0.818. The summed E-state index contributed by atoms with van der Waals surface area (Å²) in [6, 6.07) is 2.46. The van der Waals surface area contributed by atoms with Crippen LogP contribution in [0.3, 0.4) is 0 Å². The molecule has 0 saturated heterocycles. The van der Waals surface area contributed by atoms with Gasteiger partial charge in [-0.25, -0.2) is 0 Å². The summed E-state index contributed by atoms with van der Waals surface area (Å²) in [4.78, 5) is 13.0. The molecule has 0 heterocycles. The van der Waals surface area contributed by atoms with Crippen molar-refractivity contribution in [1.82, 2.24) is 4.90 Å². The van der Waals surface area contributed by atoms with E-state index in [1.165, 1.54) is 12.8 Å². The highest BCUT2D eigenvalue weighted by Gasteiger charge is 2.28. The molecule has 0 aromatic heterocycles. The van der Waals surface area contributed by atoms with E-state index in [0.717, 1.165) is 19.3 Å². The molecule has 1 aliphatic rings. The lowest BCUT2D eigenvalue weighted by atomic mass is 10.1. The fourth-order valence-corrected chi connectivity index (χ4v) is 2.31. The van der Waals surface area contributed by atoms with Crippen LogP contribution in [0.4, 0.5) is 0 Å². The van der Waals surface area contributed by atoms with Crippen molar-refractivity contribution < 1.29 is 4.79 Å². The van der Waals surface area contributed by atoms with Gasteiger partial charge in [0.15, 0.2) is 0 Å². The van der Waals surface area contributed by atoms with E-state index >= 15 is 0 Å². The molecule has 84 valence electrons. The van der Waals surface area contributed by atoms with Crippen molar-refractivity contribution in [2.75, 3.05) is 6.54 Å². The Morgan fingerprint density at radius 1 is 1.60 bits per heavy atom. The quantitative estimate of drug-likeness (QED) is 0.734. The molecule has 0 bridgehead atoms. The number of nitrogens with zero attached hydrogens (tertiary/aromatic N) is 2. The van der Waals surface area contributed by atoms with Crippen molar-refractivity contribution in [2.45, 2.75) is 51.1 Å².